The number of carbonyl (C=O) groups excluding carboxylic acids is 1. The summed E-state index contributed by atoms with van der Waals surface area (Å²) in [6.07, 6.45) is 1.29. The van der Waals surface area contributed by atoms with Crippen LogP contribution in [0.3, 0.4) is 0 Å². The Morgan fingerprint density at radius 1 is 1.20 bits per heavy atom. The second-order valence-corrected chi connectivity index (χ2v) is 5.88. The third-order valence-electron chi connectivity index (χ3n) is 4.01. The van der Waals surface area contributed by atoms with Gasteiger partial charge in [0.15, 0.2) is 5.78 Å². The summed E-state index contributed by atoms with van der Waals surface area (Å²) in [5.74, 6) is -0.216. The van der Waals surface area contributed by atoms with Gasteiger partial charge in [-0.15, -0.1) is 0 Å². The van der Waals surface area contributed by atoms with Crippen LogP contribution in [0.2, 0.25) is 0 Å². The Labute approximate surface area is 142 Å². The third-order valence-corrected chi connectivity index (χ3v) is 4.01. The summed E-state index contributed by atoms with van der Waals surface area (Å²) in [5, 5.41) is 11.0. The van der Waals surface area contributed by atoms with Gasteiger partial charge in [-0.25, -0.2) is 4.98 Å². The highest BCUT2D eigenvalue weighted by molar-refractivity contribution is 5.97. The maximum Gasteiger partial charge on any atom is 0.270 e. The van der Waals surface area contributed by atoms with Crippen LogP contribution in [-0.2, 0) is 6.54 Å². The first-order chi connectivity index (χ1) is 11.9. The maximum atomic E-state index is 12.6. The summed E-state index contributed by atoms with van der Waals surface area (Å²) < 4.78 is 1.17. The number of benzene rings is 2. The zero-order chi connectivity index (χ0) is 18.1. The minimum Gasteiger partial charge on any atom is -0.292 e. The topological polar surface area (TPSA) is 95.1 Å². The van der Waals surface area contributed by atoms with Crippen LogP contribution in [0.25, 0.3) is 10.9 Å². The number of hydrogen-bond acceptors (Lipinski definition) is 5. The zero-order valence-corrected chi connectivity index (χ0v) is 13.7. The lowest BCUT2D eigenvalue weighted by Gasteiger charge is -2.08. The second kappa shape index (κ2) is 6.27. The number of nitro groups is 1. The molecule has 25 heavy (non-hydrogen) atoms. The molecule has 0 atom stereocenters. The molecule has 0 saturated carbocycles. The van der Waals surface area contributed by atoms with Crippen molar-refractivity contribution in [1.29, 1.82) is 0 Å². The molecule has 7 nitrogen and oxygen atoms in total. The van der Waals surface area contributed by atoms with Crippen molar-refractivity contribution in [2.24, 2.45) is 0 Å². The van der Waals surface area contributed by atoms with Crippen LogP contribution in [0, 0.1) is 24.0 Å². The van der Waals surface area contributed by atoms with Crippen LogP contribution in [0.15, 0.2) is 47.5 Å². The lowest BCUT2D eigenvalue weighted by molar-refractivity contribution is -0.384. The number of carbonyl (C=O) groups is 1. The van der Waals surface area contributed by atoms with Crippen LogP contribution in [0.1, 0.15) is 21.5 Å². The van der Waals surface area contributed by atoms with Crippen molar-refractivity contribution >= 4 is 22.4 Å². The van der Waals surface area contributed by atoms with E-state index in [-0.39, 0.29) is 23.4 Å². The lowest BCUT2D eigenvalue weighted by atomic mass is 10.0. The maximum absolute atomic E-state index is 12.6. The lowest BCUT2D eigenvalue weighted by Crippen LogP contribution is -2.25. The van der Waals surface area contributed by atoms with E-state index in [1.165, 1.54) is 29.1 Å². The fourth-order valence-corrected chi connectivity index (χ4v) is 2.74. The fraction of sp³-hybridized carbons (Fsp3) is 0.167. The quantitative estimate of drug-likeness (QED) is 0.414. The summed E-state index contributed by atoms with van der Waals surface area (Å²) in [4.78, 5) is 39.5. The van der Waals surface area contributed by atoms with E-state index in [4.69, 9.17) is 0 Å². The Bertz CT molecular complexity index is 1070. The standard InChI is InChI=1S/C18H15N3O4/c1-11-3-5-14(12(2)7-11)17(22)9-20-10-19-16-6-4-13(21(24)25)8-15(16)18(20)23/h3-8,10H,9H2,1-2H3. The molecule has 3 aromatic rings. The van der Waals surface area contributed by atoms with Crippen LogP contribution >= 0.6 is 0 Å². The van der Waals surface area contributed by atoms with E-state index < -0.39 is 10.5 Å². The summed E-state index contributed by atoms with van der Waals surface area (Å²) in [6.45, 7) is 3.60. The van der Waals surface area contributed by atoms with Gasteiger partial charge in [0, 0.05) is 17.7 Å². The normalized spacial score (nSPS) is 10.8. The molecule has 0 aliphatic carbocycles. The number of ketones is 1. The minimum atomic E-state index is -0.572. The highest BCUT2D eigenvalue weighted by Crippen LogP contribution is 2.16. The van der Waals surface area contributed by atoms with Gasteiger partial charge in [-0.3, -0.25) is 24.3 Å². The average molecular weight is 337 g/mol. The Morgan fingerprint density at radius 3 is 2.64 bits per heavy atom. The first kappa shape index (κ1) is 16.5. The van der Waals surface area contributed by atoms with E-state index in [0.29, 0.717) is 11.1 Å². The number of hydrogen-bond donors (Lipinski definition) is 0. The number of nitro benzene ring substituents is 1. The van der Waals surface area contributed by atoms with E-state index in [1.54, 1.807) is 6.07 Å². The zero-order valence-electron chi connectivity index (χ0n) is 13.7. The molecule has 1 aromatic heterocycles. The van der Waals surface area contributed by atoms with Gasteiger partial charge in [-0.05, 0) is 25.5 Å². The summed E-state index contributed by atoms with van der Waals surface area (Å²) in [6, 6.07) is 9.37. The number of fused-ring (bicyclic) bond motifs is 1. The van der Waals surface area contributed by atoms with Gasteiger partial charge in [-0.1, -0.05) is 23.8 Å². The SMILES string of the molecule is Cc1ccc(C(=O)Cn2cnc3ccc([N+](=O)[O-])cc3c2=O)c(C)c1. The van der Waals surface area contributed by atoms with Gasteiger partial charge < -0.3 is 0 Å². The monoisotopic (exact) mass is 337 g/mol. The number of non-ortho nitro benzene ring substituents is 1. The second-order valence-electron chi connectivity index (χ2n) is 5.88. The van der Waals surface area contributed by atoms with Gasteiger partial charge in [0.05, 0.1) is 28.7 Å². The van der Waals surface area contributed by atoms with Gasteiger partial charge in [0.2, 0.25) is 0 Å². The molecule has 0 unspecified atom stereocenters. The van der Waals surface area contributed by atoms with Crippen LogP contribution in [0.4, 0.5) is 5.69 Å². The van der Waals surface area contributed by atoms with E-state index in [2.05, 4.69) is 4.98 Å². The molecule has 2 aromatic carbocycles. The van der Waals surface area contributed by atoms with Gasteiger partial charge in [-0.2, -0.15) is 0 Å². The highest BCUT2D eigenvalue weighted by atomic mass is 16.6. The highest BCUT2D eigenvalue weighted by Gasteiger charge is 2.14. The van der Waals surface area contributed by atoms with Gasteiger partial charge >= 0.3 is 0 Å². The van der Waals surface area contributed by atoms with E-state index in [0.717, 1.165) is 11.1 Å². The number of Topliss-reactive ketones (excluding diaryl/α,β-unsaturated/α-hetero) is 1. The molecule has 0 saturated heterocycles. The molecule has 0 fully saturated rings. The molecular formula is C18H15N3O4. The molecule has 126 valence electrons. The Morgan fingerprint density at radius 2 is 1.96 bits per heavy atom. The first-order valence-electron chi connectivity index (χ1n) is 7.61. The number of nitrogens with zero attached hydrogens (tertiary/aromatic N) is 3. The van der Waals surface area contributed by atoms with Crippen molar-refractivity contribution in [2.45, 2.75) is 20.4 Å². The van der Waals surface area contributed by atoms with E-state index in [9.17, 15) is 19.7 Å². The molecule has 0 aliphatic heterocycles. The Kier molecular flexibility index (Phi) is 4.14. The van der Waals surface area contributed by atoms with E-state index in [1.807, 2.05) is 26.0 Å². The predicted molar refractivity (Wildman–Crippen MR) is 92.9 cm³/mol. The molecule has 0 N–H and O–H groups in total. The Balaban J connectivity index is 2.01. The van der Waals surface area contributed by atoms with Gasteiger partial charge in [0.25, 0.3) is 11.2 Å². The third kappa shape index (κ3) is 3.16. The predicted octanol–water partition coefficient (Wildman–Crippen LogP) is 2.80. The number of aromatic nitrogens is 2. The van der Waals surface area contributed by atoms with Crippen molar-refractivity contribution < 1.29 is 9.72 Å². The molecule has 0 amide bonds. The van der Waals surface area contributed by atoms with Crippen molar-refractivity contribution in [3.63, 3.8) is 0 Å². The van der Waals surface area contributed by atoms with Crippen molar-refractivity contribution in [2.75, 3.05) is 0 Å². The molecular weight excluding hydrogens is 322 g/mol. The summed E-state index contributed by atoms with van der Waals surface area (Å²) in [7, 11) is 0. The van der Waals surface area contributed by atoms with Crippen LogP contribution in [-0.4, -0.2) is 20.3 Å². The Hall–Kier alpha value is -3.35. The summed E-state index contributed by atoms with van der Waals surface area (Å²) in [5.41, 5.74) is 2.10. The number of rotatable bonds is 4. The fourth-order valence-electron chi connectivity index (χ4n) is 2.74. The van der Waals surface area contributed by atoms with Crippen LogP contribution in [0.5, 0.6) is 0 Å². The van der Waals surface area contributed by atoms with Crippen molar-refractivity contribution in [3.05, 3.63) is 79.9 Å². The minimum absolute atomic E-state index is 0.116. The molecule has 0 aliphatic rings. The van der Waals surface area contributed by atoms with Gasteiger partial charge in [0.1, 0.15) is 0 Å². The summed E-state index contributed by atoms with van der Waals surface area (Å²) >= 11 is 0. The van der Waals surface area contributed by atoms with Crippen molar-refractivity contribution in [1.82, 2.24) is 9.55 Å². The number of aryl methyl sites for hydroxylation is 2. The average Bonchev–Trinajstić information content (AvgIpc) is 2.57. The largest absolute Gasteiger partial charge is 0.292 e. The molecule has 0 radical (unpaired) electrons. The molecule has 3 rings (SSSR count). The van der Waals surface area contributed by atoms with Crippen LogP contribution < -0.4 is 5.56 Å². The molecule has 0 bridgehead atoms. The molecule has 1 heterocycles. The molecule has 0 spiro atoms. The first-order valence-corrected chi connectivity index (χ1v) is 7.61. The molecule has 7 heteroatoms. The smallest absolute Gasteiger partial charge is 0.270 e. The van der Waals surface area contributed by atoms with E-state index >= 15 is 0 Å². The van der Waals surface area contributed by atoms with Crippen molar-refractivity contribution in [3.8, 4) is 0 Å².